The van der Waals surface area contributed by atoms with Crippen molar-refractivity contribution in [3.05, 3.63) is 12.2 Å². The van der Waals surface area contributed by atoms with E-state index >= 15 is 0 Å². The van der Waals surface area contributed by atoms with Gasteiger partial charge < -0.3 is 10.2 Å². The highest BCUT2D eigenvalue weighted by Crippen LogP contribution is 2.38. The molecule has 0 aromatic carbocycles. The smallest absolute Gasteiger partial charge is 0.310 e. The van der Waals surface area contributed by atoms with Crippen LogP contribution in [-0.2, 0) is 9.59 Å². The second kappa shape index (κ2) is 3.20. The van der Waals surface area contributed by atoms with Crippen LogP contribution in [0.5, 0.6) is 0 Å². The quantitative estimate of drug-likeness (QED) is 0.631. The number of hydrogen-bond acceptors (Lipinski definition) is 2. The predicted octanol–water partition coefficient (Wildman–Crippen LogP) is 1.13. The lowest BCUT2D eigenvalue weighted by atomic mass is 9.70. The molecule has 72 valence electrons. The number of carboxylic acids is 2. The van der Waals surface area contributed by atoms with Gasteiger partial charge >= 0.3 is 11.9 Å². The molecule has 0 radical (unpaired) electrons. The Hall–Kier alpha value is -1.32. The van der Waals surface area contributed by atoms with Crippen molar-refractivity contribution in [3.63, 3.8) is 0 Å². The van der Waals surface area contributed by atoms with Gasteiger partial charge in [0.15, 0.2) is 0 Å². The first-order valence-corrected chi connectivity index (χ1v) is 4.09. The summed E-state index contributed by atoms with van der Waals surface area (Å²) in [6.45, 7) is 1.48. The van der Waals surface area contributed by atoms with Crippen molar-refractivity contribution in [2.24, 2.45) is 11.3 Å². The third-order valence-electron chi connectivity index (χ3n) is 2.64. The van der Waals surface area contributed by atoms with Crippen LogP contribution in [0, 0.1) is 11.3 Å². The molecule has 1 rings (SSSR count). The predicted molar refractivity (Wildman–Crippen MR) is 45.2 cm³/mol. The standard InChI is InChI=1S/C9H12O4/c1-9(8(12)13)5-3-2-4-6(9)7(10)11/h2-3,6H,4-5H2,1H3,(H,10,11)(H,12,13)/t6-,9-/m1/s1. The van der Waals surface area contributed by atoms with E-state index in [-0.39, 0.29) is 0 Å². The summed E-state index contributed by atoms with van der Waals surface area (Å²) in [7, 11) is 0. The molecule has 4 heteroatoms. The average Bonchev–Trinajstić information content (AvgIpc) is 2.04. The Morgan fingerprint density at radius 3 is 2.38 bits per heavy atom. The molecule has 0 spiro atoms. The summed E-state index contributed by atoms with van der Waals surface area (Å²) in [5.74, 6) is -2.88. The van der Waals surface area contributed by atoms with Gasteiger partial charge in [-0.15, -0.1) is 0 Å². The molecule has 0 unspecified atom stereocenters. The Kier molecular flexibility index (Phi) is 2.40. The molecule has 2 atom stereocenters. The Morgan fingerprint density at radius 2 is 2.00 bits per heavy atom. The normalized spacial score (nSPS) is 32.8. The summed E-state index contributed by atoms with van der Waals surface area (Å²) in [5.41, 5.74) is -1.15. The van der Waals surface area contributed by atoms with Crippen molar-refractivity contribution in [1.82, 2.24) is 0 Å². The Labute approximate surface area is 75.9 Å². The van der Waals surface area contributed by atoms with E-state index in [1.165, 1.54) is 6.92 Å². The van der Waals surface area contributed by atoms with Gasteiger partial charge in [0.25, 0.3) is 0 Å². The van der Waals surface area contributed by atoms with Gasteiger partial charge in [0.05, 0.1) is 11.3 Å². The van der Waals surface area contributed by atoms with Gasteiger partial charge in [0.1, 0.15) is 0 Å². The lowest BCUT2D eigenvalue weighted by Gasteiger charge is -2.32. The maximum Gasteiger partial charge on any atom is 0.310 e. The Balaban J connectivity index is 2.99. The van der Waals surface area contributed by atoms with E-state index in [1.807, 2.05) is 0 Å². The molecule has 0 amide bonds. The fourth-order valence-electron chi connectivity index (χ4n) is 1.57. The Morgan fingerprint density at radius 1 is 1.38 bits per heavy atom. The summed E-state index contributed by atoms with van der Waals surface area (Å²) in [6.07, 6.45) is 4.05. The minimum Gasteiger partial charge on any atom is -0.481 e. The number of carboxylic acid groups (broad SMARTS) is 2. The highest BCUT2D eigenvalue weighted by atomic mass is 16.4. The zero-order valence-corrected chi connectivity index (χ0v) is 7.36. The molecule has 13 heavy (non-hydrogen) atoms. The lowest BCUT2D eigenvalue weighted by molar-refractivity contribution is -0.161. The molecular weight excluding hydrogens is 172 g/mol. The van der Waals surface area contributed by atoms with E-state index in [4.69, 9.17) is 10.2 Å². The van der Waals surface area contributed by atoms with Crippen LogP contribution < -0.4 is 0 Å². The third kappa shape index (κ3) is 1.56. The molecule has 2 N–H and O–H groups in total. The first-order valence-electron chi connectivity index (χ1n) is 4.09. The van der Waals surface area contributed by atoms with Gasteiger partial charge in [0.2, 0.25) is 0 Å². The van der Waals surface area contributed by atoms with Gasteiger partial charge in [-0.1, -0.05) is 12.2 Å². The highest BCUT2D eigenvalue weighted by Gasteiger charge is 2.45. The molecule has 0 fully saturated rings. The van der Waals surface area contributed by atoms with Crippen molar-refractivity contribution in [1.29, 1.82) is 0 Å². The van der Waals surface area contributed by atoms with Crippen molar-refractivity contribution >= 4 is 11.9 Å². The minimum atomic E-state index is -1.15. The van der Waals surface area contributed by atoms with Gasteiger partial charge in [-0.05, 0) is 19.8 Å². The van der Waals surface area contributed by atoms with E-state index in [2.05, 4.69) is 0 Å². The second-order valence-corrected chi connectivity index (χ2v) is 3.52. The maximum atomic E-state index is 10.9. The zero-order valence-electron chi connectivity index (χ0n) is 7.36. The van der Waals surface area contributed by atoms with Crippen LogP contribution >= 0.6 is 0 Å². The van der Waals surface area contributed by atoms with E-state index in [0.29, 0.717) is 12.8 Å². The van der Waals surface area contributed by atoms with Crippen molar-refractivity contribution in [2.45, 2.75) is 19.8 Å². The first-order chi connectivity index (χ1) is 5.98. The van der Waals surface area contributed by atoms with Crippen LogP contribution in [0.15, 0.2) is 12.2 Å². The molecule has 0 bridgehead atoms. The van der Waals surface area contributed by atoms with Crippen LogP contribution in [-0.4, -0.2) is 22.2 Å². The number of rotatable bonds is 2. The van der Waals surface area contributed by atoms with Crippen LogP contribution in [0.1, 0.15) is 19.8 Å². The molecule has 0 saturated heterocycles. The minimum absolute atomic E-state index is 0.291. The average molecular weight is 184 g/mol. The number of carbonyl (C=O) groups is 2. The van der Waals surface area contributed by atoms with Crippen LogP contribution in [0.2, 0.25) is 0 Å². The Bertz CT molecular complexity index is 269. The van der Waals surface area contributed by atoms with Crippen LogP contribution in [0.3, 0.4) is 0 Å². The summed E-state index contributed by atoms with van der Waals surface area (Å²) < 4.78 is 0. The van der Waals surface area contributed by atoms with Crippen molar-refractivity contribution < 1.29 is 19.8 Å². The van der Waals surface area contributed by atoms with Crippen LogP contribution in [0.4, 0.5) is 0 Å². The van der Waals surface area contributed by atoms with Crippen molar-refractivity contribution in [3.8, 4) is 0 Å². The monoisotopic (exact) mass is 184 g/mol. The molecule has 0 aromatic rings. The van der Waals surface area contributed by atoms with Gasteiger partial charge in [-0.25, -0.2) is 0 Å². The third-order valence-corrected chi connectivity index (χ3v) is 2.64. The molecule has 0 aromatic heterocycles. The molecule has 4 nitrogen and oxygen atoms in total. The fourth-order valence-corrected chi connectivity index (χ4v) is 1.57. The number of allylic oxidation sites excluding steroid dienone is 2. The molecular formula is C9H12O4. The second-order valence-electron chi connectivity index (χ2n) is 3.52. The maximum absolute atomic E-state index is 10.9. The number of hydrogen-bond donors (Lipinski definition) is 2. The zero-order chi connectivity index (χ0) is 10.1. The molecule has 0 saturated carbocycles. The van der Waals surface area contributed by atoms with E-state index in [9.17, 15) is 9.59 Å². The molecule has 0 heterocycles. The molecule has 1 aliphatic carbocycles. The van der Waals surface area contributed by atoms with Gasteiger partial charge in [0, 0.05) is 0 Å². The van der Waals surface area contributed by atoms with Crippen molar-refractivity contribution in [2.75, 3.05) is 0 Å². The number of aliphatic carboxylic acids is 2. The van der Waals surface area contributed by atoms with E-state index in [0.717, 1.165) is 0 Å². The van der Waals surface area contributed by atoms with Gasteiger partial charge in [-0.3, -0.25) is 9.59 Å². The largest absolute Gasteiger partial charge is 0.481 e. The van der Waals surface area contributed by atoms with E-state index in [1.54, 1.807) is 12.2 Å². The highest BCUT2D eigenvalue weighted by molar-refractivity contribution is 5.83. The molecule has 1 aliphatic rings. The SMILES string of the molecule is C[C@@]1(C(=O)O)CC=CC[C@@H]1C(=O)O. The fraction of sp³-hybridized carbons (Fsp3) is 0.556. The van der Waals surface area contributed by atoms with Gasteiger partial charge in [-0.2, -0.15) is 0 Å². The van der Waals surface area contributed by atoms with E-state index < -0.39 is 23.3 Å². The summed E-state index contributed by atoms with van der Waals surface area (Å²) >= 11 is 0. The topological polar surface area (TPSA) is 74.6 Å². The summed E-state index contributed by atoms with van der Waals surface area (Å²) in [4.78, 5) is 21.7. The lowest BCUT2D eigenvalue weighted by Crippen LogP contribution is -2.41. The molecule has 0 aliphatic heterocycles. The summed E-state index contributed by atoms with van der Waals surface area (Å²) in [5, 5.41) is 17.7. The first kappa shape index (κ1) is 9.77. The summed E-state index contributed by atoms with van der Waals surface area (Å²) in [6, 6.07) is 0. The van der Waals surface area contributed by atoms with Crippen LogP contribution in [0.25, 0.3) is 0 Å².